The van der Waals surface area contributed by atoms with Gasteiger partial charge < -0.3 is 15.7 Å². The third-order valence-corrected chi connectivity index (χ3v) is 3.67. The standard InChI is InChI=1S/C13H18N2O5S/c1-9-3-5-10(6-4-9)14-13(18)15-11(12(16)17)7-8-21(2,19)20/h3-6,11H,7-8H2,1-2H3,(H,16,17)(H2,14,15,18). The molecule has 1 aromatic rings. The van der Waals surface area contributed by atoms with E-state index in [1.807, 2.05) is 6.92 Å². The number of aryl methyl sites for hydroxylation is 1. The van der Waals surface area contributed by atoms with E-state index in [0.717, 1.165) is 11.8 Å². The first-order valence-electron chi connectivity index (χ1n) is 6.22. The second-order valence-corrected chi connectivity index (χ2v) is 7.03. The van der Waals surface area contributed by atoms with Gasteiger partial charge in [0, 0.05) is 11.9 Å². The Bertz CT molecular complexity index is 610. The van der Waals surface area contributed by atoms with Crippen LogP contribution >= 0.6 is 0 Å². The van der Waals surface area contributed by atoms with Gasteiger partial charge in [-0.1, -0.05) is 17.7 Å². The SMILES string of the molecule is Cc1ccc(NC(=O)NC(CCS(C)(=O)=O)C(=O)O)cc1. The number of hydrogen-bond donors (Lipinski definition) is 3. The summed E-state index contributed by atoms with van der Waals surface area (Å²) in [5.41, 5.74) is 1.54. The number of carbonyl (C=O) groups excluding carboxylic acids is 1. The zero-order valence-electron chi connectivity index (χ0n) is 11.8. The topological polar surface area (TPSA) is 113 Å². The maximum Gasteiger partial charge on any atom is 0.326 e. The Morgan fingerprint density at radius 3 is 2.29 bits per heavy atom. The Morgan fingerprint density at radius 1 is 1.24 bits per heavy atom. The number of carboxylic acids is 1. The van der Waals surface area contributed by atoms with Crippen molar-refractivity contribution in [1.29, 1.82) is 0 Å². The van der Waals surface area contributed by atoms with Crippen molar-refractivity contribution in [1.82, 2.24) is 5.32 Å². The van der Waals surface area contributed by atoms with Gasteiger partial charge in [0.15, 0.2) is 0 Å². The van der Waals surface area contributed by atoms with Gasteiger partial charge >= 0.3 is 12.0 Å². The van der Waals surface area contributed by atoms with Crippen LogP contribution < -0.4 is 10.6 Å². The number of carbonyl (C=O) groups is 2. The average molecular weight is 314 g/mol. The molecule has 0 fully saturated rings. The lowest BCUT2D eigenvalue weighted by Gasteiger charge is -2.14. The number of benzene rings is 1. The molecule has 0 radical (unpaired) electrons. The minimum atomic E-state index is -3.29. The lowest BCUT2D eigenvalue weighted by molar-refractivity contribution is -0.139. The summed E-state index contributed by atoms with van der Waals surface area (Å²) in [6.07, 6.45) is 0.827. The van der Waals surface area contributed by atoms with Crippen LogP contribution in [0, 0.1) is 6.92 Å². The Labute approximate surface area is 123 Å². The molecular weight excluding hydrogens is 296 g/mol. The van der Waals surface area contributed by atoms with Gasteiger partial charge in [-0.25, -0.2) is 18.0 Å². The van der Waals surface area contributed by atoms with E-state index in [-0.39, 0.29) is 12.2 Å². The van der Waals surface area contributed by atoms with E-state index < -0.39 is 27.9 Å². The van der Waals surface area contributed by atoms with E-state index >= 15 is 0 Å². The molecule has 0 aromatic heterocycles. The number of rotatable bonds is 6. The van der Waals surface area contributed by atoms with Gasteiger partial charge in [0.1, 0.15) is 15.9 Å². The number of hydrogen-bond acceptors (Lipinski definition) is 4. The van der Waals surface area contributed by atoms with Crippen LogP contribution in [0.4, 0.5) is 10.5 Å². The van der Waals surface area contributed by atoms with Crippen molar-refractivity contribution < 1.29 is 23.1 Å². The molecule has 116 valence electrons. The molecule has 1 aromatic carbocycles. The van der Waals surface area contributed by atoms with Gasteiger partial charge in [0.25, 0.3) is 0 Å². The lowest BCUT2D eigenvalue weighted by Crippen LogP contribution is -2.43. The van der Waals surface area contributed by atoms with Crippen molar-refractivity contribution in [3.63, 3.8) is 0 Å². The number of anilines is 1. The van der Waals surface area contributed by atoms with E-state index in [1.165, 1.54) is 0 Å². The summed E-state index contributed by atoms with van der Waals surface area (Å²) in [5, 5.41) is 13.7. The number of amides is 2. The highest BCUT2D eigenvalue weighted by Crippen LogP contribution is 2.08. The van der Waals surface area contributed by atoms with Crippen LogP contribution in [-0.2, 0) is 14.6 Å². The molecule has 0 aliphatic carbocycles. The van der Waals surface area contributed by atoms with Crippen LogP contribution in [0.15, 0.2) is 24.3 Å². The maximum absolute atomic E-state index is 11.7. The van der Waals surface area contributed by atoms with Crippen molar-refractivity contribution >= 4 is 27.5 Å². The van der Waals surface area contributed by atoms with Gasteiger partial charge in [-0.15, -0.1) is 0 Å². The molecule has 1 atom stereocenters. The second kappa shape index (κ2) is 7.07. The minimum Gasteiger partial charge on any atom is -0.480 e. The Hall–Kier alpha value is -2.09. The van der Waals surface area contributed by atoms with Gasteiger partial charge in [0.2, 0.25) is 0 Å². The molecule has 0 heterocycles. The van der Waals surface area contributed by atoms with Crippen LogP contribution in [0.3, 0.4) is 0 Å². The predicted molar refractivity (Wildman–Crippen MR) is 79.1 cm³/mol. The van der Waals surface area contributed by atoms with Crippen LogP contribution in [0.25, 0.3) is 0 Å². The summed E-state index contributed by atoms with van der Waals surface area (Å²) in [7, 11) is -3.29. The fraction of sp³-hybridized carbons (Fsp3) is 0.385. The lowest BCUT2D eigenvalue weighted by atomic mass is 10.2. The summed E-state index contributed by atoms with van der Waals surface area (Å²) in [4.78, 5) is 22.7. The third kappa shape index (κ3) is 6.75. The quantitative estimate of drug-likeness (QED) is 0.725. The van der Waals surface area contributed by atoms with E-state index in [0.29, 0.717) is 5.69 Å². The Morgan fingerprint density at radius 2 is 1.81 bits per heavy atom. The Balaban J connectivity index is 2.60. The van der Waals surface area contributed by atoms with Crippen molar-refractivity contribution in [3.8, 4) is 0 Å². The van der Waals surface area contributed by atoms with E-state index in [1.54, 1.807) is 24.3 Å². The molecule has 0 aliphatic rings. The molecule has 0 saturated carbocycles. The summed E-state index contributed by atoms with van der Waals surface area (Å²) in [5.74, 6) is -1.59. The van der Waals surface area contributed by atoms with E-state index in [2.05, 4.69) is 10.6 Å². The fourth-order valence-electron chi connectivity index (χ4n) is 1.55. The molecule has 0 spiro atoms. The van der Waals surface area contributed by atoms with Gasteiger partial charge in [-0.2, -0.15) is 0 Å². The number of sulfone groups is 1. The number of aliphatic carboxylic acids is 1. The van der Waals surface area contributed by atoms with Crippen molar-refractivity contribution in [2.45, 2.75) is 19.4 Å². The summed E-state index contributed by atoms with van der Waals surface area (Å²) in [6, 6.07) is 5.01. The molecule has 2 amide bonds. The normalized spacial score (nSPS) is 12.5. The zero-order valence-corrected chi connectivity index (χ0v) is 12.6. The van der Waals surface area contributed by atoms with E-state index in [9.17, 15) is 18.0 Å². The first-order chi connectivity index (χ1) is 9.67. The molecule has 0 aliphatic heterocycles. The molecule has 21 heavy (non-hydrogen) atoms. The largest absolute Gasteiger partial charge is 0.480 e. The summed E-state index contributed by atoms with van der Waals surface area (Å²) < 4.78 is 22.1. The van der Waals surface area contributed by atoms with Crippen LogP contribution in [0.1, 0.15) is 12.0 Å². The highest BCUT2D eigenvalue weighted by atomic mass is 32.2. The third-order valence-electron chi connectivity index (χ3n) is 2.69. The smallest absolute Gasteiger partial charge is 0.326 e. The highest BCUT2D eigenvalue weighted by Gasteiger charge is 2.21. The van der Waals surface area contributed by atoms with E-state index in [4.69, 9.17) is 5.11 Å². The Kier molecular flexibility index (Phi) is 5.71. The molecule has 0 bridgehead atoms. The van der Waals surface area contributed by atoms with Crippen molar-refractivity contribution in [2.24, 2.45) is 0 Å². The average Bonchev–Trinajstić information content (AvgIpc) is 2.36. The second-order valence-electron chi connectivity index (χ2n) is 4.77. The van der Waals surface area contributed by atoms with Crippen LogP contribution in [-0.4, -0.2) is 43.6 Å². The summed E-state index contributed by atoms with van der Waals surface area (Å²) in [6.45, 7) is 1.90. The number of nitrogens with one attached hydrogen (secondary N) is 2. The first-order valence-corrected chi connectivity index (χ1v) is 8.28. The van der Waals surface area contributed by atoms with Crippen LogP contribution in [0.2, 0.25) is 0 Å². The molecule has 1 rings (SSSR count). The number of urea groups is 1. The van der Waals surface area contributed by atoms with Crippen molar-refractivity contribution in [2.75, 3.05) is 17.3 Å². The summed E-state index contributed by atoms with van der Waals surface area (Å²) >= 11 is 0. The molecule has 1 unspecified atom stereocenters. The fourth-order valence-corrected chi connectivity index (χ4v) is 2.22. The maximum atomic E-state index is 11.7. The van der Waals surface area contributed by atoms with Gasteiger partial charge in [-0.05, 0) is 25.5 Å². The highest BCUT2D eigenvalue weighted by molar-refractivity contribution is 7.90. The van der Waals surface area contributed by atoms with Gasteiger partial charge in [-0.3, -0.25) is 0 Å². The van der Waals surface area contributed by atoms with Crippen molar-refractivity contribution in [3.05, 3.63) is 29.8 Å². The molecule has 3 N–H and O–H groups in total. The molecule has 7 nitrogen and oxygen atoms in total. The molecular formula is C13H18N2O5S. The predicted octanol–water partition coefficient (Wildman–Crippen LogP) is 1.00. The molecule has 0 saturated heterocycles. The minimum absolute atomic E-state index is 0.185. The monoisotopic (exact) mass is 314 g/mol. The van der Waals surface area contributed by atoms with Gasteiger partial charge in [0.05, 0.1) is 5.75 Å². The van der Waals surface area contributed by atoms with Crippen LogP contribution in [0.5, 0.6) is 0 Å². The first kappa shape index (κ1) is 17.0. The zero-order chi connectivity index (χ0) is 16.0. The molecule has 8 heteroatoms. The number of carboxylic acid groups (broad SMARTS) is 1.